The van der Waals surface area contributed by atoms with Crippen molar-refractivity contribution in [2.45, 2.75) is 136 Å². The molecule has 0 aromatic rings. The number of amides is 2. The molecule has 0 saturated carbocycles. The van der Waals surface area contributed by atoms with Crippen molar-refractivity contribution in [2.75, 3.05) is 19.7 Å². The minimum absolute atomic E-state index is 0.0372. The highest BCUT2D eigenvalue weighted by molar-refractivity contribution is 5.82. The summed E-state index contributed by atoms with van der Waals surface area (Å²) in [7, 11) is 0. The number of nitrogens with one attached hydrogen (secondary N) is 2. The first-order chi connectivity index (χ1) is 18.7. The van der Waals surface area contributed by atoms with Crippen LogP contribution in [0.3, 0.4) is 0 Å². The van der Waals surface area contributed by atoms with E-state index in [0.717, 1.165) is 25.7 Å². The zero-order valence-corrected chi connectivity index (χ0v) is 25.0. The molecule has 0 heterocycles. The van der Waals surface area contributed by atoms with E-state index in [-0.39, 0.29) is 19.1 Å². The first-order valence-corrected chi connectivity index (χ1v) is 15.4. The van der Waals surface area contributed by atoms with Crippen molar-refractivity contribution in [1.82, 2.24) is 10.6 Å². The number of carbonyl (C=O) groups excluding carboxylic acids is 2. The number of aliphatic hydroxyl groups is 2. The minimum Gasteiger partial charge on any atom is -0.481 e. The molecule has 0 aliphatic heterocycles. The highest BCUT2D eigenvalue weighted by Crippen LogP contribution is 2.20. The van der Waals surface area contributed by atoms with E-state index in [2.05, 4.69) is 29.7 Å². The van der Waals surface area contributed by atoms with Gasteiger partial charge in [0, 0.05) is 24.9 Å². The van der Waals surface area contributed by atoms with Gasteiger partial charge in [0.05, 0.1) is 12.5 Å². The van der Waals surface area contributed by atoms with Crippen molar-refractivity contribution in [2.24, 2.45) is 11.3 Å². The molecule has 8 nitrogen and oxygen atoms in total. The summed E-state index contributed by atoms with van der Waals surface area (Å²) in [6.45, 7) is 5.41. The predicted molar refractivity (Wildman–Crippen MR) is 157 cm³/mol. The third-order valence-corrected chi connectivity index (χ3v) is 7.24. The summed E-state index contributed by atoms with van der Waals surface area (Å²) in [4.78, 5) is 35.6. The van der Waals surface area contributed by atoms with Gasteiger partial charge in [-0.05, 0) is 44.9 Å². The number of aliphatic hydroxyl groups excluding tert-OH is 2. The molecule has 2 amide bonds. The lowest BCUT2D eigenvalue weighted by Gasteiger charge is -2.27. The standard InChI is InChI=1S/C31H58N2O6/c1-4-5-6-7-8-9-10-11-12-13-14-15-16-17-18-22-27(35)32-23-20-19-21-26(30(38)39)24-33-29(37)28(36)31(2,3)25-34/h11-12,26,28,34,36H,4-10,13-25H2,1-3H3,(H,32,35)(H,33,37)(H,38,39). The molecule has 0 bridgehead atoms. The van der Waals surface area contributed by atoms with Crippen molar-refractivity contribution in [3.63, 3.8) is 0 Å². The molecular formula is C31H58N2O6. The molecule has 2 unspecified atom stereocenters. The SMILES string of the molecule is CCCCCCCCC=CCCCCCCCC(=O)NCCCCC(CNC(=O)C(O)C(C)(C)CO)C(=O)O. The van der Waals surface area contributed by atoms with Crippen LogP contribution in [-0.4, -0.2) is 58.9 Å². The molecule has 0 rings (SSSR count). The van der Waals surface area contributed by atoms with Crippen molar-refractivity contribution in [3.8, 4) is 0 Å². The molecule has 8 heteroatoms. The summed E-state index contributed by atoms with van der Waals surface area (Å²) in [6, 6.07) is 0. The van der Waals surface area contributed by atoms with Crippen LogP contribution in [0.5, 0.6) is 0 Å². The normalized spacial score (nSPS) is 13.4. The maximum Gasteiger partial charge on any atom is 0.308 e. The Hall–Kier alpha value is -1.93. The Morgan fingerprint density at radius 2 is 1.36 bits per heavy atom. The maximum absolute atomic E-state index is 12.1. The number of allylic oxidation sites excluding steroid dienone is 2. The third-order valence-electron chi connectivity index (χ3n) is 7.24. The Morgan fingerprint density at radius 3 is 1.92 bits per heavy atom. The maximum atomic E-state index is 12.1. The van der Waals surface area contributed by atoms with Crippen LogP contribution in [0.25, 0.3) is 0 Å². The van der Waals surface area contributed by atoms with Gasteiger partial charge in [0.25, 0.3) is 0 Å². The number of aliphatic carboxylic acids is 1. The van der Waals surface area contributed by atoms with Crippen LogP contribution in [0.2, 0.25) is 0 Å². The van der Waals surface area contributed by atoms with Gasteiger partial charge in [-0.15, -0.1) is 0 Å². The number of hydrogen-bond acceptors (Lipinski definition) is 5. The molecule has 2 atom stereocenters. The van der Waals surface area contributed by atoms with E-state index in [0.29, 0.717) is 32.2 Å². The van der Waals surface area contributed by atoms with E-state index in [1.54, 1.807) is 13.8 Å². The quantitative estimate of drug-likeness (QED) is 0.0707. The summed E-state index contributed by atoms with van der Waals surface area (Å²) in [6.07, 6.45) is 21.3. The number of carboxylic acids is 1. The van der Waals surface area contributed by atoms with E-state index in [9.17, 15) is 29.7 Å². The summed E-state index contributed by atoms with van der Waals surface area (Å²) in [5.74, 6) is -2.44. The molecule has 0 saturated heterocycles. The van der Waals surface area contributed by atoms with Crippen molar-refractivity contribution < 1.29 is 29.7 Å². The van der Waals surface area contributed by atoms with Crippen molar-refractivity contribution in [3.05, 3.63) is 12.2 Å². The third kappa shape index (κ3) is 20.6. The van der Waals surface area contributed by atoms with Crippen LogP contribution < -0.4 is 10.6 Å². The van der Waals surface area contributed by atoms with Gasteiger partial charge in [-0.3, -0.25) is 14.4 Å². The van der Waals surface area contributed by atoms with Crippen LogP contribution in [0.1, 0.15) is 130 Å². The highest BCUT2D eigenvalue weighted by atomic mass is 16.4. The van der Waals surface area contributed by atoms with Gasteiger partial charge >= 0.3 is 5.97 Å². The Morgan fingerprint density at radius 1 is 0.795 bits per heavy atom. The van der Waals surface area contributed by atoms with Crippen LogP contribution in [0, 0.1) is 11.3 Å². The van der Waals surface area contributed by atoms with Crippen LogP contribution in [0.15, 0.2) is 12.2 Å². The van der Waals surface area contributed by atoms with E-state index >= 15 is 0 Å². The average molecular weight is 555 g/mol. The van der Waals surface area contributed by atoms with Crippen molar-refractivity contribution in [1.29, 1.82) is 0 Å². The summed E-state index contributed by atoms with van der Waals surface area (Å²) in [5, 5.41) is 34.1. The summed E-state index contributed by atoms with van der Waals surface area (Å²) < 4.78 is 0. The van der Waals surface area contributed by atoms with Crippen LogP contribution >= 0.6 is 0 Å². The average Bonchev–Trinajstić information content (AvgIpc) is 2.91. The Kier molecular flexibility index (Phi) is 22.7. The lowest BCUT2D eigenvalue weighted by atomic mass is 9.87. The number of rotatable bonds is 26. The Labute approximate surface area is 237 Å². The molecule has 0 aliphatic carbocycles. The van der Waals surface area contributed by atoms with Gasteiger partial charge in [0.2, 0.25) is 11.8 Å². The molecule has 0 fully saturated rings. The second-order valence-corrected chi connectivity index (χ2v) is 11.5. The molecule has 0 aromatic carbocycles. The van der Waals surface area contributed by atoms with Crippen molar-refractivity contribution >= 4 is 17.8 Å². The number of carbonyl (C=O) groups is 3. The first kappa shape index (κ1) is 37.1. The topological polar surface area (TPSA) is 136 Å². The molecule has 0 aromatic heterocycles. The lowest BCUT2D eigenvalue weighted by Crippen LogP contribution is -2.47. The van der Waals surface area contributed by atoms with Gasteiger partial charge in [-0.2, -0.15) is 0 Å². The molecule has 0 radical (unpaired) electrons. The molecule has 39 heavy (non-hydrogen) atoms. The molecular weight excluding hydrogens is 496 g/mol. The smallest absolute Gasteiger partial charge is 0.308 e. The minimum atomic E-state index is -1.42. The van der Waals surface area contributed by atoms with E-state index < -0.39 is 29.3 Å². The Balaban J connectivity index is 3.74. The molecule has 0 spiro atoms. The van der Waals surface area contributed by atoms with Gasteiger partial charge in [0.1, 0.15) is 6.10 Å². The molecule has 228 valence electrons. The molecule has 5 N–H and O–H groups in total. The van der Waals surface area contributed by atoms with E-state index in [4.69, 9.17) is 0 Å². The predicted octanol–water partition coefficient (Wildman–Crippen LogP) is 5.51. The monoisotopic (exact) mass is 554 g/mol. The second kappa shape index (κ2) is 23.9. The lowest BCUT2D eigenvalue weighted by molar-refractivity contribution is -0.143. The van der Waals surface area contributed by atoms with Gasteiger partial charge in [-0.25, -0.2) is 0 Å². The van der Waals surface area contributed by atoms with E-state index in [1.807, 2.05) is 0 Å². The fraction of sp³-hybridized carbons (Fsp3) is 0.839. The fourth-order valence-corrected chi connectivity index (χ4v) is 4.26. The van der Waals surface area contributed by atoms with Gasteiger partial charge < -0.3 is 26.0 Å². The first-order valence-electron chi connectivity index (χ1n) is 15.4. The largest absolute Gasteiger partial charge is 0.481 e. The van der Waals surface area contributed by atoms with Crippen LogP contribution in [-0.2, 0) is 14.4 Å². The summed E-state index contributed by atoms with van der Waals surface area (Å²) >= 11 is 0. The zero-order chi connectivity index (χ0) is 29.4. The number of unbranched alkanes of at least 4 members (excludes halogenated alkanes) is 12. The highest BCUT2D eigenvalue weighted by Gasteiger charge is 2.33. The van der Waals surface area contributed by atoms with E-state index in [1.165, 1.54) is 57.8 Å². The number of hydrogen-bond donors (Lipinski definition) is 5. The second-order valence-electron chi connectivity index (χ2n) is 11.5. The van der Waals surface area contributed by atoms with Crippen LogP contribution in [0.4, 0.5) is 0 Å². The molecule has 0 aliphatic rings. The summed E-state index contributed by atoms with van der Waals surface area (Å²) in [5.41, 5.74) is -1.01. The zero-order valence-electron chi connectivity index (χ0n) is 25.0. The fourth-order valence-electron chi connectivity index (χ4n) is 4.26. The Bertz CT molecular complexity index is 680. The van der Waals surface area contributed by atoms with Gasteiger partial charge in [0.15, 0.2) is 0 Å². The number of carboxylic acid groups (broad SMARTS) is 1. The van der Waals surface area contributed by atoms with Gasteiger partial charge in [-0.1, -0.05) is 90.7 Å².